The lowest BCUT2D eigenvalue weighted by atomic mass is 9.77. The van der Waals surface area contributed by atoms with E-state index in [9.17, 15) is 39.6 Å². The summed E-state index contributed by atoms with van der Waals surface area (Å²) < 4.78 is 29.4. The predicted molar refractivity (Wildman–Crippen MR) is 224 cm³/mol. The first-order valence-electron chi connectivity index (χ1n) is 20.5. The van der Waals surface area contributed by atoms with Crippen molar-refractivity contribution in [3.05, 3.63) is 95.2 Å². The number of allylic oxidation sites excluding steroid dienone is 10. The molecular formula is C46H65NO13. The number of hydrogen-bond acceptors (Lipinski definition) is 13. The fourth-order valence-corrected chi connectivity index (χ4v) is 7.71. The average Bonchev–Trinajstić information content (AvgIpc) is 3.52. The lowest BCUT2D eigenvalue weighted by Crippen LogP contribution is -2.58. The highest BCUT2D eigenvalue weighted by Gasteiger charge is 2.52. The van der Waals surface area contributed by atoms with Gasteiger partial charge in [-0.3, -0.25) is 9.59 Å². The number of aliphatic hydroxyl groups is 4. The molecule has 1 fully saturated rings. The van der Waals surface area contributed by atoms with Gasteiger partial charge in [0.2, 0.25) is 11.7 Å². The van der Waals surface area contributed by atoms with Gasteiger partial charge in [0.15, 0.2) is 11.6 Å². The van der Waals surface area contributed by atoms with Gasteiger partial charge in [-0.1, -0.05) is 94.4 Å². The van der Waals surface area contributed by atoms with Crippen molar-refractivity contribution in [2.24, 2.45) is 29.6 Å². The summed E-state index contributed by atoms with van der Waals surface area (Å²) in [4.78, 5) is 51.3. The Balaban J connectivity index is 1.96. The quantitative estimate of drug-likeness (QED) is 0.0933. The van der Waals surface area contributed by atoms with Gasteiger partial charge in [0.1, 0.15) is 29.8 Å². The van der Waals surface area contributed by atoms with Crippen molar-refractivity contribution in [3.63, 3.8) is 0 Å². The molecule has 1 aliphatic carbocycles. The number of carbonyl (C=O) groups is 4. The van der Waals surface area contributed by atoms with E-state index in [-0.39, 0.29) is 48.3 Å². The molecule has 2 aliphatic heterocycles. The van der Waals surface area contributed by atoms with Crippen LogP contribution in [0.1, 0.15) is 81.1 Å². The Morgan fingerprint density at radius 2 is 1.77 bits per heavy atom. The molecule has 0 spiro atoms. The molecule has 332 valence electrons. The molecular weight excluding hydrogens is 774 g/mol. The summed E-state index contributed by atoms with van der Waals surface area (Å²) in [6, 6.07) is 0. The van der Waals surface area contributed by atoms with Gasteiger partial charge < -0.3 is 49.4 Å². The number of methoxy groups -OCH3 is 2. The van der Waals surface area contributed by atoms with Gasteiger partial charge in [-0.2, -0.15) is 0 Å². The van der Waals surface area contributed by atoms with Crippen molar-refractivity contribution in [2.45, 2.75) is 123 Å². The second kappa shape index (κ2) is 22.8. The van der Waals surface area contributed by atoms with Crippen molar-refractivity contribution >= 4 is 23.6 Å². The number of rotatable bonds is 12. The summed E-state index contributed by atoms with van der Waals surface area (Å²) in [7, 11) is 2.78. The van der Waals surface area contributed by atoms with Crippen LogP contribution < -0.4 is 5.32 Å². The fourth-order valence-electron chi connectivity index (χ4n) is 7.71. The zero-order chi connectivity index (χ0) is 44.9. The number of ether oxygens (including phenoxy) is 5. The minimum absolute atomic E-state index is 0.0655. The van der Waals surface area contributed by atoms with Crippen LogP contribution in [0.15, 0.2) is 95.2 Å². The van der Waals surface area contributed by atoms with Gasteiger partial charge in [0.25, 0.3) is 0 Å². The van der Waals surface area contributed by atoms with Crippen molar-refractivity contribution in [3.8, 4) is 0 Å². The predicted octanol–water partition coefficient (Wildman–Crippen LogP) is 5.52. The number of cyclic esters (lactones) is 1. The first-order valence-corrected chi connectivity index (χ1v) is 20.5. The number of Topliss-reactive ketones (excluding diaryl/α,β-unsaturated/α-hetero) is 1. The lowest BCUT2D eigenvalue weighted by Gasteiger charge is -2.48. The van der Waals surface area contributed by atoms with E-state index in [0.29, 0.717) is 12.0 Å². The molecule has 0 radical (unpaired) electrons. The van der Waals surface area contributed by atoms with E-state index in [2.05, 4.69) is 5.32 Å². The van der Waals surface area contributed by atoms with Crippen LogP contribution in [0.25, 0.3) is 0 Å². The average molecular weight is 840 g/mol. The maximum atomic E-state index is 13.8. The van der Waals surface area contributed by atoms with Gasteiger partial charge >= 0.3 is 11.9 Å². The summed E-state index contributed by atoms with van der Waals surface area (Å²) in [5.74, 6) is -8.21. The number of aliphatic hydroxyl groups excluding tert-OH is 3. The standard InChI is InChI=1S/C46H65NO13/c1-11-12-13-16-35-30(6)38(58-40(51)21-20-39(50)47-41-33(48)18-19-34(41)49)25-46(55,60-35)32(8)43(53)31(7)44-36(56-9)17-14-15-26(2)22-28(4)42(52)29(5)23-27(3)24-37(57-10)45(54)59-44/h11-17,20-21,23-24,28-32,35-36,38,42-44,48,52-53,55H,18-19,22,25H2,1-10H3,(H,47,50)/b12-11+,16-13+,17-14-,21-20+,26-15-,27-23-,37-24+/t28-,29+,30+,31-,32-,35+,36-,38+,42-,43+,44+,46+/m0/s1. The molecule has 2 heterocycles. The highest BCUT2D eigenvalue weighted by molar-refractivity contribution is 6.04. The molecule has 0 unspecified atom stereocenters. The van der Waals surface area contributed by atoms with Gasteiger partial charge in [-0.25, -0.2) is 9.59 Å². The third-order valence-electron chi connectivity index (χ3n) is 11.5. The van der Waals surface area contributed by atoms with Crippen LogP contribution in [-0.4, -0.2) is 101 Å². The highest BCUT2D eigenvalue weighted by atomic mass is 16.6. The third kappa shape index (κ3) is 13.5. The molecule has 3 rings (SSSR count). The highest BCUT2D eigenvalue weighted by Crippen LogP contribution is 2.41. The zero-order valence-corrected chi connectivity index (χ0v) is 36.5. The number of hydrogen-bond donors (Lipinski definition) is 5. The van der Waals surface area contributed by atoms with Crippen LogP contribution in [0.4, 0.5) is 0 Å². The Bertz CT molecular complexity index is 1790. The first-order chi connectivity index (χ1) is 28.3. The summed E-state index contributed by atoms with van der Waals surface area (Å²) in [5.41, 5.74) is 1.45. The van der Waals surface area contributed by atoms with E-state index in [1.807, 2.05) is 39.8 Å². The van der Waals surface area contributed by atoms with E-state index in [1.54, 1.807) is 64.2 Å². The molecule has 14 heteroatoms. The Kier molecular flexibility index (Phi) is 18.9. The molecule has 60 heavy (non-hydrogen) atoms. The van der Waals surface area contributed by atoms with Gasteiger partial charge in [0.05, 0.1) is 25.4 Å². The van der Waals surface area contributed by atoms with Gasteiger partial charge in [-0.15, -0.1) is 0 Å². The second-order valence-corrected chi connectivity index (χ2v) is 16.2. The summed E-state index contributed by atoms with van der Waals surface area (Å²) in [5, 5.41) is 47.5. The maximum Gasteiger partial charge on any atom is 0.373 e. The van der Waals surface area contributed by atoms with Crippen molar-refractivity contribution < 1.29 is 63.3 Å². The van der Waals surface area contributed by atoms with Crippen LogP contribution >= 0.6 is 0 Å². The van der Waals surface area contributed by atoms with Crippen LogP contribution in [0, 0.1) is 29.6 Å². The Labute approximate surface area is 354 Å². The molecule has 0 aromatic heterocycles. The van der Waals surface area contributed by atoms with Crippen molar-refractivity contribution in [1.29, 1.82) is 0 Å². The fraction of sp³-hybridized carbons (Fsp3) is 0.565. The minimum Gasteiger partial charge on any atom is -0.510 e. The molecule has 5 N–H and O–H groups in total. The van der Waals surface area contributed by atoms with Gasteiger partial charge in [-0.05, 0) is 39.2 Å². The molecule has 0 bridgehead atoms. The number of ketones is 1. The zero-order valence-electron chi connectivity index (χ0n) is 36.5. The normalized spacial score (nSPS) is 34.9. The smallest absolute Gasteiger partial charge is 0.373 e. The minimum atomic E-state index is -2.10. The Hall–Kier alpha value is -4.60. The van der Waals surface area contributed by atoms with E-state index in [0.717, 1.165) is 17.7 Å². The van der Waals surface area contributed by atoms with Crippen LogP contribution in [-0.2, 0) is 42.9 Å². The van der Waals surface area contributed by atoms with E-state index in [4.69, 9.17) is 23.7 Å². The van der Waals surface area contributed by atoms with Crippen LogP contribution in [0.5, 0.6) is 0 Å². The second-order valence-electron chi connectivity index (χ2n) is 16.2. The molecule has 14 nitrogen and oxygen atoms in total. The molecule has 1 amide bonds. The lowest BCUT2D eigenvalue weighted by molar-refractivity contribution is -0.314. The SMILES string of the molecule is C/C=C/C=C/[C@H]1O[C@@](O)([C@@H](C)[C@H](O)[C@H](C)[C@H]2OC(=O)/C(OC)=C\C(C)=C/[C@@H](C)[C@@H](O)[C@@H](C)C/C(C)=C\C=C/[C@@H]2OC)C[C@@H](OC(=O)/C=C/C(=O)NC2=C(O)CCC2=O)[C@@H]1C. The molecule has 12 atom stereocenters. The van der Waals surface area contributed by atoms with E-state index < -0.39 is 83.8 Å². The number of amides is 1. The van der Waals surface area contributed by atoms with Crippen molar-refractivity contribution in [1.82, 2.24) is 5.32 Å². The van der Waals surface area contributed by atoms with E-state index in [1.165, 1.54) is 20.3 Å². The maximum absolute atomic E-state index is 13.8. The Morgan fingerprint density at radius 1 is 1.07 bits per heavy atom. The summed E-state index contributed by atoms with van der Waals surface area (Å²) >= 11 is 0. The largest absolute Gasteiger partial charge is 0.510 e. The molecule has 0 aromatic rings. The topological polar surface area (TPSA) is 207 Å². The molecule has 0 saturated carbocycles. The monoisotopic (exact) mass is 839 g/mol. The number of esters is 2. The summed E-state index contributed by atoms with van der Waals surface area (Å²) in [6.45, 7) is 14.5. The molecule has 3 aliphatic rings. The first kappa shape index (κ1) is 49.8. The van der Waals surface area contributed by atoms with Crippen molar-refractivity contribution in [2.75, 3.05) is 14.2 Å². The number of nitrogens with one attached hydrogen (secondary N) is 1. The third-order valence-corrected chi connectivity index (χ3v) is 11.5. The molecule has 1 saturated heterocycles. The summed E-state index contributed by atoms with van der Waals surface area (Å²) in [6.07, 6.45) is 12.2. The van der Waals surface area contributed by atoms with Crippen LogP contribution in [0.3, 0.4) is 0 Å². The van der Waals surface area contributed by atoms with Crippen LogP contribution in [0.2, 0.25) is 0 Å². The Morgan fingerprint density at radius 3 is 2.38 bits per heavy atom. The number of carbonyl (C=O) groups excluding carboxylic acids is 4. The van der Waals surface area contributed by atoms with Gasteiger partial charge in [0, 0.05) is 62.2 Å². The van der Waals surface area contributed by atoms with E-state index >= 15 is 0 Å². The molecule has 0 aromatic carbocycles.